The summed E-state index contributed by atoms with van der Waals surface area (Å²) in [6, 6.07) is 3.68. The number of carbonyl (C=O) groups excluding carboxylic acids is 1. The molecule has 0 spiro atoms. The Morgan fingerprint density at radius 1 is 1.43 bits per heavy atom. The zero-order valence-electron chi connectivity index (χ0n) is 9.29. The number of ketones is 1. The van der Waals surface area contributed by atoms with Gasteiger partial charge in [-0.3, -0.25) is 4.79 Å². The zero-order chi connectivity index (χ0) is 10.9. The van der Waals surface area contributed by atoms with Crippen LogP contribution in [0.15, 0.2) is 30.5 Å². The molecule has 1 rings (SSSR count). The second-order valence-electron chi connectivity index (χ2n) is 4.56. The number of nitrogens with zero attached hydrogens (tertiary/aromatic N) is 1. The normalized spacial score (nSPS) is 11.4. The van der Waals surface area contributed by atoms with E-state index in [1.165, 1.54) is 0 Å². The van der Waals surface area contributed by atoms with Crippen molar-refractivity contribution < 1.29 is 4.79 Å². The molecule has 0 saturated carbocycles. The van der Waals surface area contributed by atoms with Gasteiger partial charge in [0.1, 0.15) is 0 Å². The van der Waals surface area contributed by atoms with Crippen LogP contribution in [0.5, 0.6) is 0 Å². The third-order valence-corrected chi connectivity index (χ3v) is 2.36. The third kappa shape index (κ3) is 1.95. The number of aromatic nitrogens is 1. The molecule has 0 aromatic carbocycles. The van der Waals surface area contributed by atoms with E-state index in [4.69, 9.17) is 0 Å². The molecule has 14 heavy (non-hydrogen) atoms. The van der Waals surface area contributed by atoms with Crippen LogP contribution < -0.4 is 0 Å². The summed E-state index contributed by atoms with van der Waals surface area (Å²) in [6.45, 7) is 9.85. The van der Waals surface area contributed by atoms with E-state index in [1.54, 1.807) is 0 Å². The Morgan fingerprint density at radius 3 is 2.36 bits per heavy atom. The summed E-state index contributed by atoms with van der Waals surface area (Å²) in [5.41, 5.74) is 1.19. The lowest BCUT2D eigenvalue weighted by Crippen LogP contribution is -2.18. The topological polar surface area (TPSA) is 22.0 Å². The average Bonchev–Trinajstić information content (AvgIpc) is 2.47. The molecule has 1 aromatic heterocycles. The highest BCUT2D eigenvalue weighted by molar-refractivity contribution is 6.08. The van der Waals surface area contributed by atoms with Crippen molar-refractivity contribution in [2.45, 2.75) is 20.8 Å². The lowest BCUT2D eigenvalue weighted by molar-refractivity contribution is 0.100. The summed E-state index contributed by atoms with van der Waals surface area (Å²) in [5.74, 6) is 0.0324. The van der Waals surface area contributed by atoms with E-state index in [2.05, 4.69) is 6.58 Å². The van der Waals surface area contributed by atoms with Crippen LogP contribution in [0.25, 0.3) is 0 Å². The molecular formula is C12H17NO. The Hall–Kier alpha value is -1.31. The highest BCUT2D eigenvalue weighted by Crippen LogP contribution is 2.26. The predicted octanol–water partition coefficient (Wildman–Crippen LogP) is 2.81. The number of aryl methyl sites for hydroxylation is 1. The number of hydrogen-bond acceptors (Lipinski definition) is 1. The molecule has 0 saturated heterocycles. The second kappa shape index (κ2) is 3.45. The fourth-order valence-corrected chi connectivity index (χ4v) is 1.19. The van der Waals surface area contributed by atoms with Gasteiger partial charge in [-0.25, -0.2) is 0 Å². The van der Waals surface area contributed by atoms with Crippen LogP contribution in [0.2, 0.25) is 0 Å². The van der Waals surface area contributed by atoms with Crippen molar-refractivity contribution in [3.63, 3.8) is 0 Å². The number of rotatable bonds is 2. The molecule has 0 fully saturated rings. The van der Waals surface area contributed by atoms with E-state index in [-0.39, 0.29) is 11.2 Å². The van der Waals surface area contributed by atoms with Crippen LogP contribution in [0.1, 0.15) is 31.3 Å². The molecule has 0 amide bonds. The molecule has 0 bridgehead atoms. The summed E-state index contributed by atoms with van der Waals surface area (Å²) in [4.78, 5) is 12.0. The molecule has 0 radical (unpaired) electrons. The smallest absolute Gasteiger partial charge is 0.205 e. The van der Waals surface area contributed by atoms with Gasteiger partial charge in [-0.15, -0.1) is 0 Å². The fraction of sp³-hybridized carbons (Fsp3) is 0.417. The molecule has 76 valence electrons. The van der Waals surface area contributed by atoms with Crippen molar-refractivity contribution in [3.05, 3.63) is 36.2 Å². The molecule has 2 heteroatoms. The highest BCUT2D eigenvalue weighted by atomic mass is 16.1. The van der Waals surface area contributed by atoms with Crippen LogP contribution in [0.4, 0.5) is 0 Å². The molecule has 0 unspecified atom stereocenters. The van der Waals surface area contributed by atoms with Crippen molar-refractivity contribution in [2.24, 2.45) is 12.5 Å². The maximum absolute atomic E-state index is 12.0. The summed E-state index contributed by atoms with van der Waals surface area (Å²) in [6.07, 6.45) is 1.86. The minimum atomic E-state index is -0.165. The maximum Gasteiger partial charge on any atom is 0.205 e. The van der Waals surface area contributed by atoms with Gasteiger partial charge in [-0.1, -0.05) is 27.4 Å². The van der Waals surface area contributed by atoms with Crippen LogP contribution in [-0.4, -0.2) is 10.4 Å². The number of hydrogen-bond donors (Lipinski definition) is 0. The standard InChI is InChI=1S/C12H17NO/c1-9(12(2,3)4)11(14)10-7-6-8-13(10)5/h6-8H,1H2,2-5H3. The van der Waals surface area contributed by atoms with Gasteiger partial charge < -0.3 is 4.57 Å². The van der Waals surface area contributed by atoms with E-state index < -0.39 is 0 Å². The summed E-state index contributed by atoms with van der Waals surface area (Å²) in [7, 11) is 1.86. The SMILES string of the molecule is C=C(C(=O)c1cccn1C)C(C)(C)C. The average molecular weight is 191 g/mol. The van der Waals surface area contributed by atoms with Gasteiger partial charge in [-0.2, -0.15) is 0 Å². The lowest BCUT2D eigenvalue weighted by atomic mass is 9.84. The van der Waals surface area contributed by atoms with Crippen molar-refractivity contribution in [2.75, 3.05) is 0 Å². The van der Waals surface area contributed by atoms with E-state index in [9.17, 15) is 4.79 Å². The maximum atomic E-state index is 12.0. The molecule has 0 aliphatic rings. The molecule has 2 nitrogen and oxygen atoms in total. The van der Waals surface area contributed by atoms with E-state index in [0.717, 1.165) is 0 Å². The fourth-order valence-electron chi connectivity index (χ4n) is 1.19. The van der Waals surface area contributed by atoms with Gasteiger partial charge in [0.25, 0.3) is 0 Å². The molecule has 1 heterocycles. The second-order valence-corrected chi connectivity index (χ2v) is 4.56. The summed E-state index contributed by atoms with van der Waals surface area (Å²) >= 11 is 0. The highest BCUT2D eigenvalue weighted by Gasteiger charge is 2.23. The molecular weight excluding hydrogens is 174 g/mol. The predicted molar refractivity (Wildman–Crippen MR) is 58.3 cm³/mol. The Balaban J connectivity index is 2.99. The third-order valence-electron chi connectivity index (χ3n) is 2.36. The number of carbonyl (C=O) groups is 1. The van der Waals surface area contributed by atoms with Crippen molar-refractivity contribution in [3.8, 4) is 0 Å². The minimum Gasteiger partial charge on any atom is -0.348 e. The Labute approximate surface area is 85.2 Å². The van der Waals surface area contributed by atoms with Crippen molar-refractivity contribution in [1.29, 1.82) is 0 Å². The molecule has 0 atom stereocenters. The zero-order valence-corrected chi connectivity index (χ0v) is 9.29. The first-order valence-electron chi connectivity index (χ1n) is 4.69. The Morgan fingerprint density at radius 2 is 2.00 bits per heavy atom. The molecule has 0 aliphatic carbocycles. The monoisotopic (exact) mass is 191 g/mol. The first-order valence-corrected chi connectivity index (χ1v) is 4.69. The van der Waals surface area contributed by atoms with Crippen LogP contribution in [-0.2, 0) is 7.05 Å². The first kappa shape index (κ1) is 10.8. The quantitative estimate of drug-likeness (QED) is 0.520. The van der Waals surface area contributed by atoms with Gasteiger partial charge in [0.05, 0.1) is 5.69 Å². The van der Waals surface area contributed by atoms with Crippen LogP contribution in [0, 0.1) is 5.41 Å². The van der Waals surface area contributed by atoms with E-state index in [0.29, 0.717) is 11.3 Å². The van der Waals surface area contributed by atoms with Gasteiger partial charge in [-0.05, 0) is 23.1 Å². The van der Waals surface area contributed by atoms with Crippen LogP contribution in [0.3, 0.4) is 0 Å². The molecule has 0 aliphatic heterocycles. The number of Topliss-reactive ketones (excluding diaryl/α,β-unsaturated/α-hetero) is 1. The molecule has 1 aromatic rings. The van der Waals surface area contributed by atoms with Crippen molar-refractivity contribution >= 4 is 5.78 Å². The number of allylic oxidation sites excluding steroid dienone is 1. The van der Waals surface area contributed by atoms with Crippen LogP contribution >= 0.6 is 0 Å². The summed E-state index contributed by atoms with van der Waals surface area (Å²) < 4.78 is 1.82. The first-order chi connectivity index (χ1) is 6.34. The van der Waals surface area contributed by atoms with E-state index in [1.807, 2.05) is 50.7 Å². The van der Waals surface area contributed by atoms with Gasteiger partial charge >= 0.3 is 0 Å². The Bertz CT molecular complexity index is 366. The lowest BCUT2D eigenvalue weighted by Gasteiger charge is -2.20. The van der Waals surface area contributed by atoms with E-state index >= 15 is 0 Å². The Kier molecular flexibility index (Phi) is 2.65. The van der Waals surface area contributed by atoms with Gasteiger partial charge in [0.15, 0.2) is 0 Å². The molecule has 0 N–H and O–H groups in total. The largest absolute Gasteiger partial charge is 0.348 e. The van der Waals surface area contributed by atoms with Gasteiger partial charge in [0, 0.05) is 13.2 Å². The summed E-state index contributed by atoms with van der Waals surface area (Å²) in [5, 5.41) is 0. The van der Waals surface area contributed by atoms with Crippen molar-refractivity contribution in [1.82, 2.24) is 4.57 Å². The van der Waals surface area contributed by atoms with Gasteiger partial charge in [0.2, 0.25) is 5.78 Å². The minimum absolute atomic E-state index is 0.0324.